The Kier molecular flexibility index (Phi) is 6.29. The minimum atomic E-state index is -0.626. The second-order valence-electron chi connectivity index (χ2n) is 8.34. The van der Waals surface area contributed by atoms with E-state index in [1.165, 1.54) is 26.2 Å². The molecule has 1 aliphatic heterocycles. The Bertz CT molecular complexity index is 1220. The van der Waals surface area contributed by atoms with Crippen LogP contribution in [0.25, 0.3) is 11.0 Å². The van der Waals surface area contributed by atoms with Crippen molar-refractivity contribution in [1.29, 1.82) is 0 Å². The van der Waals surface area contributed by atoms with Crippen LogP contribution in [-0.4, -0.2) is 59.3 Å². The van der Waals surface area contributed by atoms with Crippen LogP contribution in [0, 0.1) is 0 Å². The summed E-state index contributed by atoms with van der Waals surface area (Å²) in [7, 11) is 8.73. The standard InChI is InChI=1S/C25H28N2O6/c1-26(2)11-8-12-27-21(15-13-18(30-3)23(32-5)19(14-15)31-4)20-22(28)16-9-6-7-10-17(16)33-24(20)25(27)29/h6-7,9-10,13-14,21H,8,11-12H2,1-5H3/p+1/t21-/m1/s1. The molecule has 8 heteroatoms. The zero-order chi connectivity index (χ0) is 23.7. The highest BCUT2D eigenvalue weighted by Crippen LogP contribution is 2.44. The number of amides is 1. The molecule has 1 amide bonds. The first kappa shape index (κ1) is 22.7. The third-order valence-corrected chi connectivity index (χ3v) is 5.95. The lowest BCUT2D eigenvalue weighted by molar-refractivity contribution is -0.858. The monoisotopic (exact) mass is 453 g/mol. The van der Waals surface area contributed by atoms with E-state index in [1.54, 1.807) is 41.3 Å². The molecule has 0 saturated carbocycles. The molecule has 174 valence electrons. The highest BCUT2D eigenvalue weighted by Gasteiger charge is 2.43. The van der Waals surface area contributed by atoms with Crippen molar-refractivity contribution in [3.05, 3.63) is 63.5 Å². The summed E-state index contributed by atoms with van der Waals surface area (Å²) in [6.45, 7) is 1.36. The number of carbonyl (C=O) groups is 1. The molecule has 1 aromatic heterocycles. The average molecular weight is 454 g/mol. The molecule has 1 atom stereocenters. The molecule has 4 rings (SSSR count). The Morgan fingerprint density at radius 2 is 1.67 bits per heavy atom. The lowest BCUT2D eigenvalue weighted by atomic mass is 9.97. The fourth-order valence-electron chi connectivity index (χ4n) is 4.41. The number of fused-ring (bicyclic) bond motifs is 2. The maximum Gasteiger partial charge on any atom is 0.290 e. The molecule has 2 heterocycles. The summed E-state index contributed by atoms with van der Waals surface area (Å²) in [6, 6.07) is 9.94. The number of carbonyl (C=O) groups excluding carboxylic acids is 1. The molecule has 33 heavy (non-hydrogen) atoms. The molecule has 0 saturated heterocycles. The minimum absolute atomic E-state index is 0.0923. The maximum atomic E-state index is 13.6. The van der Waals surface area contributed by atoms with Crippen LogP contribution >= 0.6 is 0 Å². The van der Waals surface area contributed by atoms with Crippen molar-refractivity contribution in [1.82, 2.24) is 4.90 Å². The summed E-state index contributed by atoms with van der Waals surface area (Å²) in [5.41, 5.74) is 1.22. The third-order valence-electron chi connectivity index (χ3n) is 5.95. The van der Waals surface area contributed by atoms with Crippen molar-refractivity contribution in [2.45, 2.75) is 12.5 Å². The molecule has 1 N–H and O–H groups in total. The van der Waals surface area contributed by atoms with Crippen LogP contribution < -0.4 is 24.5 Å². The summed E-state index contributed by atoms with van der Waals surface area (Å²) < 4.78 is 22.5. The second-order valence-corrected chi connectivity index (χ2v) is 8.34. The average Bonchev–Trinajstić information content (AvgIpc) is 3.09. The van der Waals surface area contributed by atoms with Crippen LogP contribution in [-0.2, 0) is 0 Å². The molecule has 0 unspecified atom stereocenters. The van der Waals surface area contributed by atoms with E-state index in [9.17, 15) is 9.59 Å². The fourth-order valence-corrected chi connectivity index (χ4v) is 4.41. The van der Waals surface area contributed by atoms with Gasteiger partial charge in [-0.1, -0.05) is 12.1 Å². The SMILES string of the molecule is COc1cc([C@@H]2c3c(oc4ccccc4c3=O)C(=O)N2CCC[NH+](C)C)cc(OC)c1OC. The van der Waals surface area contributed by atoms with Crippen LogP contribution in [0.1, 0.15) is 34.1 Å². The van der Waals surface area contributed by atoms with Crippen molar-refractivity contribution in [2.75, 3.05) is 48.5 Å². The fraction of sp³-hybridized carbons (Fsp3) is 0.360. The van der Waals surface area contributed by atoms with Crippen molar-refractivity contribution in [2.24, 2.45) is 0 Å². The Labute approximate surface area is 192 Å². The van der Waals surface area contributed by atoms with Gasteiger partial charge < -0.3 is 28.4 Å². The quantitative estimate of drug-likeness (QED) is 0.561. The van der Waals surface area contributed by atoms with E-state index in [0.717, 1.165) is 13.0 Å². The van der Waals surface area contributed by atoms with E-state index >= 15 is 0 Å². The highest BCUT2D eigenvalue weighted by atomic mass is 16.5. The van der Waals surface area contributed by atoms with E-state index in [1.807, 2.05) is 0 Å². The molecule has 2 aromatic carbocycles. The lowest BCUT2D eigenvalue weighted by Crippen LogP contribution is -3.05. The molecule has 8 nitrogen and oxygen atoms in total. The van der Waals surface area contributed by atoms with Crippen LogP contribution in [0.3, 0.4) is 0 Å². The first-order valence-corrected chi connectivity index (χ1v) is 10.9. The van der Waals surface area contributed by atoms with Gasteiger partial charge >= 0.3 is 0 Å². The van der Waals surface area contributed by atoms with E-state index < -0.39 is 6.04 Å². The number of quaternary nitrogens is 1. The zero-order valence-corrected chi connectivity index (χ0v) is 19.6. The van der Waals surface area contributed by atoms with Gasteiger partial charge in [0.15, 0.2) is 16.9 Å². The van der Waals surface area contributed by atoms with Crippen molar-refractivity contribution in [3.63, 3.8) is 0 Å². The number of ether oxygens (including phenoxy) is 3. The molecule has 3 aromatic rings. The lowest BCUT2D eigenvalue weighted by Gasteiger charge is -2.26. The summed E-state index contributed by atoms with van der Waals surface area (Å²) in [5, 5.41) is 0.445. The molecule has 0 aliphatic carbocycles. The normalized spacial score (nSPS) is 15.3. The maximum absolute atomic E-state index is 13.6. The number of nitrogens with zero attached hydrogens (tertiary/aromatic N) is 1. The number of nitrogens with one attached hydrogen (secondary N) is 1. The van der Waals surface area contributed by atoms with E-state index in [2.05, 4.69) is 14.1 Å². The predicted octanol–water partition coefficient (Wildman–Crippen LogP) is 1.90. The van der Waals surface area contributed by atoms with E-state index in [-0.39, 0.29) is 17.1 Å². The van der Waals surface area contributed by atoms with Gasteiger partial charge in [-0.2, -0.15) is 0 Å². The smallest absolute Gasteiger partial charge is 0.290 e. The molecule has 0 spiro atoms. The Morgan fingerprint density at radius 3 is 2.27 bits per heavy atom. The van der Waals surface area contributed by atoms with Crippen molar-refractivity contribution in [3.8, 4) is 17.2 Å². The highest BCUT2D eigenvalue weighted by molar-refractivity contribution is 5.99. The summed E-state index contributed by atoms with van der Waals surface area (Å²) in [4.78, 5) is 30.0. The van der Waals surface area contributed by atoms with Gasteiger partial charge in [0.2, 0.25) is 11.5 Å². The summed E-state index contributed by atoms with van der Waals surface area (Å²) in [5.74, 6) is 1.16. The van der Waals surface area contributed by atoms with Crippen molar-refractivity contribution < 1.29 is 28.3 Å². The molecule has 0 bridgehead atoms. The number of hydrogen-bond acceptors (Lipinski definition) is 6. The second kappa shape index (κ2) is 9.15. The first-order chi connectivity index (χ1) is 15.9. The number of para-hydroxylation sites is 1. The summed E-state index contributed by atoms with van der Waals surface area (Å²) in [6.07, 6.45) is 0.775. The van der Waals surface area contributed by atoms with Gasteiger partial charge in [-0.3, -0.25) is 9.59 Å². The molecule has 0 fully saturated rings. The van der Waals surface area contributed by atoms with Gasteiger partial charge in [-0.15, -0.1) is 0 Å². The third kappa shape index (κ3) is 3.91. The minimum Gasteiger partial charge on any atom is -0.493 e. The number of rotatable bonds is 8. The topological polar surface area (TPSA) is 82.7 Å². The van der Waals surface area contributed by atoms with Gasteiger partial charge in [0.05, 0.1) is 59.0 Å². The van der Waals surface area contributed by atoms with E-state index in [4.69, 9.17) is 18.6 Å². The largest absolute Gasteiger partial charge is 0.493 e. The van der Waals surface area contributed by atoms with Crippen molar-refractivity contribution >= 4 is 16.9 Å². The van der Waals surface area contributed by atoms with E-state index in [0.29, 0.717) is 45.9 Å². The first-order valence-electron chi connectivity index (χ1n) is 10.9. The van der Waals surface area contributed by atoms with Crippen LogP contribution in [0.5, 0.6) is 17.2 Å². The zero-order valence-electron chi connectivity index (χ0n) is 19.6. The Morgan fingerprint density at radius 1 is 1.00 bits per heavy atom. The van der Waals surface area contributed by atoms with Gasteiger partial charge in [0, 0.05) is 13.0 Å². The Balaban J connectivity index is 1.93. The van der Waals surface area contributed by atoms with Gasteiger partial charge in [0.25, 0.3) is 5.91 Å². The van der Waals surface area contributed by atoms with Gasteiger partial charge in [-0.05, 0) is 29.8 Å². The Hall–Kier alpha value is -3.52. The number of hydrogen-bond donors (Lipinski definition) is 1. The summed E-state index contributed by atoms with van der Waals surface area (Å²) >= 11 is 0. The number of methoxy groups -OCH3 is 3. The molecular formula is C25H29N2O6+. The van der Waals surface area contributed by atoms with Crippen LogP contribution in [0.2, 0.25) is 0 Å². The van der Waals surface area contributed by atoms with Crippen LogP contribution in [0.4, 0.5) is 0 Å². The van der Waals surface area contributed by atoms with Crippen LogP contribution in [0.15, 0.2) is 45.6 Å². The predicted molar refractivity (Wildman–Crippen MR) is 124 cm³/mol. The van der Waals surface area contributed by atoms with Gasteiger partial charge in [-0.25, -0.2) is 0 Å². The molecular weight excluding hydrogens is 424 g/mol. The molecule has 0 radical (unpaired) electrons. The van der Waals surface area contributed by atoms with Gasteiger partial charge in [0.1, 0.15) is 5.58 Å². The number of benzene rings is 2. The molecule has 1 aliphatic rings.